The molecule has 1 rings (SSSR count). The van der Waals surface area contributed by atoms with Crippen molar-refractivity contribution in [1.82, 2.24) is 10.6 Å². The van der Waals surface area contributed by atoms with E-state index in [1.165, 1.54) is 0 Å². The van der Waals surface area contributed by atoms with E-state index in [-0.39, 0.29) is 24.0 Å². The highest BCUT2D eigenvalue weighted by atomic mass is 127. The van der Waals surface area contributed by atoms with Crippen LogP contribution in [0, 0.1) is 0 Å². The Bertz CT molecular complexity index is 209. The highest BCUT2D eigenvalue weighted by Crippen LogP contribution is 2.07. The molecule has 0 saturated carbocycles. The van der Waals surface area contributed by atoms with E-state index in [4.69, 9.17) is 9.47 Å². The molecule has 17 heavy (non-hydrogen) atoms. The summed E-state index contributed by atoms with van der Waals surface area (Å²) in [5.41, 5.74) is 0. The van der Waals surface area contributed by atoms with Crippen LogP contribution >= 0.6 is 24.0 Å². The van der Waals surface area contributed by atoms with Gasteiger partial charge in [-0.1, -0.05) is 0 Å². The Morgan fingerprint density at radius 2 is 2.29 bits per heavy atom. The van der Waals surface area contributed by atoms with Gasteiger partial charge in [0.25, 0.3) is 0 Å². The quantitative estimate of drug-likeness (QED) is 0.322. The fourth-order valence-electron chi connectivity index (χ4n) is 1.56. The number of halogens is 1. The van der Waals surface area contributed by atoms with Crippen LogP contribution in [0.1, 0.15) is 19.8 Å². The van der Waals surface area contributed by atoms with E-state index in [1.54, 1.807) is 7.05 Å². The predicted octanol–water partition coefficient (Wildman–Crippen LogP) is 0.985. The van der Waals surface area contributed by atoms with Crippen LogP contribution in [0.3, 0.4) is 0 Å². The molecule has 1 heterocycles. The molecule has 0 aliphatic carbocycles. The lowest BCUT2D eigenvalue weighted by Gasteiger charge is -2.12. The van der Waals surface area contributed by atoms with Gasteiger partial charge in [0.1, 0.15) is 0 Å². The van der Waals surface area contributed by atoms with Crippen LogP contribution in [0.5, 0.6) is 0 Å². The molecular weight excluding hydrogens is 333 g/mol. The van der Waals surface area contributed by atoms with Crippen LogP contribution in [0.15, 0.2) is 4.99 Å². The van der Waals surface area contributed by atoms with Gasteiger partial charge in [0.2, 0.25) is 0 Å². The lowest BCUT2D eigenvalue weighted by Crippen LogP contribution is -2.37. The summed E-state index contributed by atoms with van der Waals surface area (Å²) in [6.45, 7) is 6.20. The lowest BCUT2D eigenvalue weighted by atomic mass is 10.3. The maximum Gasteiger partial charge on any atom is 0.190 e. The van der Waals surface area contributed by atoms with Crippen molar-refractivity contribution in [1.29, 1.82) is 0 Å². The largest absolute Gasteiger partial charge is 0.379 e. The number of guanidine groups is 1. The van der Waals surface area contributed by atoms with E-state index in [2.05, 4.69) is 22.5 Å². The second-order valence-corrected chi connectivity index (χ2v) is 3.74. The van der Waals surface area contributed by atoms with Crippen molar-refractivity contribution in [3.05, 3.63) is 0 Å². The monoisotopic (exact) mass is 357 g/mol. The topological polar surface area (TPSA) is 54.9 Å². The maximum absolute atomic E-state index is 5.65. The smallest absolute Gasteiger partial charge is 0.190 e. The van der Waals surface area contributed by atoms with E-state index in [9.17, 15) is 0 Å². The minimum Gasteiger partial charge on any atom is -0.379 e. The van der Waals surface area contributed by atoms with Gasteiger partial charge in [0.05, 0.1) is 12.7 Å². The number of nitrogens with one attached hydrogen (secondary N) is 2. The van der Waals surface area contributed by atoms with Gasteiger partial charge >= 0.3 is 0 Å². The molecule has 0 aromatic carbocycles. The molecule has 0 aromatic rings. The summed E-state index contributed by atoms with van der Waals surface area (Å²) in [4.78, 5) is 4.09. The van der Waals surface area contributed by atoms with Gasteiger partial charge in [-0.15, -0.1) is 24.0 Å². The Balaban J connectivity index is 0.00000256. The molecule has 2 N–H and O–H groups in total. The van der Waals surface area contributed by atoms with E-state index in [0.29, 0.717) is 6.10 Å². The first-order valence-electron chi connectivity index (χ1n) is 6.00. The van der Waals surface area contributed by atoms with Crippen molar-refractivity contribution in [2.45, 2.75) is 25.9 Å². The van der Waals surface area contributed by atoms with Crippen LogP contribution in [0.2, 0.25) is 0 Å². The molecule has 0 aromatic heterocycles. The Labute approximate surface area is 121 Å². The molecule has 0 amide bonds. The van der Waals surface area contributed by atoms with Crippen LogP contribution in [-0.2, 0) is 9.47 Å². The van der Waals surface area contributed by atoms with E-state index in [0.717, 1.165) is 51.7 Å². The van der Waals surface area contributed by atoms with Gasteiger partial charge in [-0.2, -0.15) is 0 Å². The van der Waals surface area contributed by atoms with Crippen LogP contribution in [-0.4, -0.2) is 52.0 Å². The molecule has 5 nitrogen and oxygen atoms in total. The number of nitrogens with zero attached hydrogens (tertiary/aromatic N) is 1. The first-order valence-corrected chi connectivity index (χ1v) is 6.00. The highest BCUT2D eigenvalue weighted by Gasteiger charge is 2.15. The Morgan fingerprint density at radius 1 is 1.47 bits per heavy atom. The van der Waals surface area contributed by atoms with E-state index in [1.807, 2.05) is 0 Å². The summed E-state index contributed by atoms with van der Waals surface area (Å²) < 4.78 is 10.9. The van der Waals surface area contributed by atoms with Crippen molar-refractivity contribution >= 4 is 29.9 Å². The highest BCUT2D eigenvalue weighted by molar-refractivity contribution is 14.0. The third kappa shape index (κ3) is 7.77. The van der Waals surface area contributed by atoms with Crippen LogP contribution in [0.25, 0.3) is 0 Å². The predicted molar refractivity (Wildman–Crippen MR) is 80.2 cm³/mol. The minimum atomic E-state index is 0. The number of hydrogen-bond acceptors (Lipinski definition) is 3. The number of ether oxygens (including phenoxy) is 2. The molecule has 1 aliphatic heterocycles. The molecule has 6 heteroatoms. The Morgan fingerprint density at radius 3 is 2.88 bits per heavy atom. The van der Waals surface area contributed by atoms with Crippen molar-refractivity contribution in [2.24, 2.45) is 4.99 Å². The summed E-state index contributed by atoms with van der Waals surface area (Å²) in [5.74, 6) is 0.853. The van der Waals surface area contributed by atoms with Gasteiger partial charge in [-0.25, -0.2) is 0 Å². The van der Waals surface area contributed by atoms with Crippen molar-refractivity contribution in [2.75, 3.05) is 40.0 Å². The molecule has 1 fully saturated rings. The van der Waals surface area contributed by atoms with Crippen molar-refractivity contribution in [3.63, 3.8) is 0 Å². The summed E-state index contributed by atoms with van der Waals surface area (Å²) >= 11 is 0. The zero-order chi connectivity index (χ0) is 11.6. The Kier molecular flexibility index (Phi) is 11.0. The van der Waals surface area contributed by atoms with Gasteiger partial charge in [-0.05, 0) is 19.8 Å². The molecule has 1 aliphatic rings. The van der Waals surface area contributed by atoms with Gasteiger partial charge in [0.15, 0.2) is 5.96 Å². The van der Waals surface area contributed by atoms with Gasteiger partial charge < -0.3 is 20.1 Å². The molecule has 0 spiro atoms. The van der Waals surface area contributed by atoms with E-state index >= 15 is 0 Å². The summed E-state index contributed by atoms with van der Waals surface area (Å²) in [5, 5.41) is 6.37. The average molecular weight is 357 g/mol. The summed E-state index contributed by atoms with van der Waals surface area (Å²) in [6, 6.07) is 0. The first-order chi connectivity index (χ1) is 7.86. The van der Waals surface area contributed by atoms with Crippen molar-refractivity contribution in [3.8, 4) is 0 Å². The zero-order valence-electron chi connectivity index (χ0n) is 10.7. The van der Waals surface area contributed by atoms with Crippen LogP contribution < -0.4 is 10.6 Å². The third-order valence-corrected chi connectivity index (χ3v) is 2.42. The second-order valence-electron chi connectivity index (χ2n) is 3.74. The molecule has 0 radical (unpaired) electrons. The fraction of sp³-hybridized carbons (Fsp3) is 0.909. The molecule has 102 valence electrons. The van der Waals surface area contributed by atoms with Crippen LogP contribution in [0.4, 0.5) is 0 Å². The maximum atomic E-state index is 5.65. The SMILES string of the molecule is CCNC(=NC)NCCCOC1CCOC1.I. The van der Waals surface area contributed by atoms with E-state index < -0.39 is 0 Å². The molecular formula is C11H24IN3O2. The molecule has 1 saturated heterocycles. The number of hydrogen-bond donors (Lipinski definition) is 2. The van der Waals surface area contributed by atoms with Crippen molar-refractivity contribution < 1.29 is 9.47 Å². The Hall–Kier alpha value is -0.0800. The zero-order valence-corrected chi connectivity index (χ0v) is 13.0. The molecule has 0 bridgehead atoms. The second kappa shape index (κ2) is 11.0. The summed E-state index contributed by atoms with van der Waals surface area (Å²) in [7, 11) is 1.78. The first kappa shape index (κ1) is 16.9. The lowest BCUT2D eigenvalue weighted by molar-refractivity contribution is 0.0420. The fourth-order valence-corrected chi connectivity index (χ4v) is 1.56. The molecule has 1 atom stereocenters. The average Bonchev–Trinajstić information content (AvgIpc) is 2.80. The standard InChI is InChI=1S/C11H23N3O2.HI/c1-3-13-11(12-2)14-6-4-7-16-10-5-8-15-9-10;/h10H,3-9H2,1-2H3,(H2,12,13,14);1H. The normalized spacial score (nSPS) is 19.9. The molecule has 1 unspecified atom stereocenters. The number of aliphatic imine (C=N–C) groups is 1. The van der Waals surface area contributed by atoms with Gasteiger partial charge in [0, 0.05) is 33.4 Å². The third-order valence-electron chi connectivity index (χ3n) is 2.42. The minimum absolute atomic E-state index is 0. The summed E-state index contributed by atoms with van der Waals surface area (Å²) in [6.07, 6.45) is 2.33. The van der Waals surface area contributed by atoms with Gasteiger partial charge in [-0.3, -0.25) is 4.99 Å². The number of rotatable bonds is 6.